The fourth-order valence-corrected chi connectivity index (χ4v) is 1.29. The summed E-state index contributed by atoms with van der Waals surface area (Å²) >= 11 is 0. The maximum atomic E-state index is 13.9. The molecule has 0 heterocycles. The zero-order valence-corrected chi connectivity index (χ0v) is 9.44. The van der Waals surface area contributed by atoms with E-state index in [1.54, 1.807) is 19.1 Å². The van der Waals surface area contributed by atoms with Gasteiger partial charge >= 0.3 is 5.97 Å². The van der Waals surface area contributed by atoms with Crippen molar-refractivity contribution in [3.05, 3.63) is 47.5 Å². The van der Waals surface area contributed by atoms with Gasteiger partial charge in [-0.2, -0.15) is 5.26 Å². The van der Waals surface area contributed by atoms with Crippen LogP contribution in [-0.4, -0.2) is 12.6 Å². The zero-order chi connectivity index (χ0) is 12.8. The van der Waals surface area contributed by atoms with Gasteiger partial charge in [0.05, 0.1) is 23.8 Å². The molecule has 0 aliphatic heterocycles. The maximum absolute atomic E-state index is 13.9. The van der Waals surface area contributed by atoms with Gasteiger partial charge in [0.25, 0.3) is 0 Å². The third-order valence-corrected chi connectivity index (χ3v) is 2.15. The molecule has 0 spiro atoms. The van der Waals surface area contributed by atoms with Crippen LogP contribution in [0, 0.1) is 11.3 Å². The molecular formula is C13H12FNO2. The Hall–Kier alpha value is -2.15. The van der Waals surface area contributed by atoms with E-state index < -0.39 is 12.1 Å². The third kappa shape index (κ3) is 3.15. The molecule has 0 N–H and O–H groups in total. The largest absolute Gasteiger partial charge is 0.463 e. The molecular weight excluding hydrogens is 221 g/mol. The second-order valence-corrected chi connectivity index (χ2v) is 3.35. The average molecular weight is 233 g/mol. The van der Waals surface area contributed by atoms with Gasteiger partial charge < -0.3 is 4.74 Å². The quantitative estimate of drug-likeness (QED) is 0.593. The molecule has 0 amide bonds. The minimum Gasteiger partial charge on any atom is -0.463 e. The van der Waals surface area contributed by atoms with E-state index >= 15 is 0 Å². The maximum Gasteiger partial charge on any atom is 0.336 e. The van der Waals surface area contributed by atoms with Crippen LogP contribution in [0.15, 0.2) is 36.4 Å². The summed E-state index contributed by atoms with van der Waals surface area (Å²) < 4.78 is 18.6. The number of carbonyl (C=O) groups excluding carboxylic acids is 1. The predicted molar refractivity (Wildman–Crippen MR) is 60.8 cm³/mol. The van der Waals surface area contributed by atoms with Gasteiger partial charge in [0.1, 0.15) is 0 Å². The summed E-state index contributed by atoms with van der Waals surface area (Å²) in [6.45, 7) is 5.18. The summed E-state index contributed by atoms with van der Waals surface area (Å²) in [7, 11) is 0. The number of benzene rings is 1. The summed E-state index contributed by atoms with van der Waals surface area (Å²) in [5.74, 6) is -0.762. The molecule has 0 fully saturated rings. The lowest BCUT2D eigenvalue weighted by Gasteiger charge is -2.10. The minimum atomic E-state index is -1.65. The van der Waals surface area contributed by atoms with E-state index in [1.807, 2.05) is 6.07 Å². The Balaban J connectivity index is 2.89. The van der Waals surface area contributed by atoms with Crippen LogP contribution in [0.2, 0.25) is 0 Å². The van der Waals surface area contributed by atoms with Crippen LogP contribution >= 0.6 is 0 Å². The zero-order valence-electron chi connectivity index (χ0n) is 9.44. The highest BCUT2D eigenvalue weighted by atomic mass is 19.1. The van der Waals surface area contributed by atoms with Crippen LogP contribution in [-0.2, 0) is 9.53 Å². The van der Waals surface area contributed by atoms with Gasteiger partial charge in [0.2, 0.25) is 0 Å². The van der Waals surface area contributed by atoms with E-state index in [0.717, 1.165) is 0 Å². The van der Waals surface area contributed by atoms with Crippen molar-refractivity contribution in [2.75, 3.05) is 6.61 Å². The van der Waals surface area contributed by atoms with Gasteiger partial charge in [-0.3, -0.25) is 0 Å². The topological polar surface area (TPSA) is 50.1 Å². The Morgan fingerprint density at radius 2 is 2.35 bits per heavy atom. The first-order valence-corrected chi connectivity index (χ1v) is 5.10. The monoisotopic (exact) mass is 233 g/mol. The Morgan fingerprint density at radius 1 is 1.65 bits per heavy atom. The minimum absolute atomic E-state index is 0.169. The van der Waals surface area contributed by atoms with Crippen LogP contribution in [0.1, 0.15) is 24.2 Å². The number of alkyl halides is 1. The molecule has 1 atom stereocenters. The van der Waals surface area contributed by atoms with Crippen molar-refractivity contribution >= 4 is 5.97 Å². The molecule has 1 unspecified atom stereocenters. The highest BCUT2D eigenvalue weighted by molar-refractivity contribution is 5.89. The summed E-state index contributed by atoms with van der Waals surface area (Å²) in [6, 6.07) is 7.90. The smallest absolute Gasteiger partial charge is 0.336 e. The predicted octanol–water partition coefficient (Wildman–Crippen LogP) is 2.69. The molecule has 0 saturated heterocycles. The number of halogens is 1. The molecule has 0 radical (unpaired) electrons. The molecule has 0 aromatic heterocycles. The SMILES string of the molecule is C=C(C(=O)OCC)C(F)c1cccc(C#N)c1. The number of nitrogens with zero attached hydrogens (tertiary/aromatic N) is 1. The Morgan fingerprint density at radius 3 is 2.94 bits per heavy atom. The lowest BCUT2D eigenvalue weighted by molar-refractivity contribution is -0.139. The van der Waals surface area contributed by atoms with Crippen molar-refractivity contribution in [3.63, 3.8) is 0 Å². The Bertz CT molecular complexity index is 477. The highest BCUT2D eigenvalue weighted by Crippen LogP contribution is 2.26. The summed E-state index contributed by atoms with van der Waals surface area (Å²) in [5.41, 5.74) is 0.297. The molecule has 0 aliphatic rings. The molecule has 1 aromatic rings. The van der Waals surface area contributed by atoms with E-state index in [4.69, 9.17) is 5.26 Å². The molecule has 1 rings (SSSR count). The molecule has 3 nitrogen and oxygen atoms in total. The molecule has 0 aliphatic carbocycles. The molecule has 1 aromatic carbocycles. The molecule has 17 heavy (non-hydrogen) atoms. The van der Waals surface area contributed by atoms with Crippen molar-refractivity contribution in [1.82, 2.24) is 0 Å². The second-order valence-electron chi connectivity index (χ2n) is 3.35. The number of rotatable bonds is 4. The first-order valence-electron chi connectivity index (χ1n) is 5.10. The van der Waals surface area contributed by atoms with E-state index in [2.05, 4.69) is 11.3 Å². The average Bonchev–Trinajstić information content (AvgIpc) is 2.37. The number of hydrogen-bond donors (Lipinski definition) is 0. The lowest BCUT2D eigenvalue weighted by Crippen LogP contribution is -2.11. The van der Waals surface area contributed by atoms with Crippen LogP contribution in [0.5, 0.6) is 0 Å². The normalized spacial score (nSPS) is 11.4. The van der Waals surface area contributed by atoms with Gasteiger partial charge in [0, 0.05) is 0 Å². The number of carbonyl (C=O) groups is 1. The van der Waals surface area contributed by atoms with Gasteiger partial charge in [0.15, 0.2) is 6.17 Å². The van der Waals surface area contributed by atoms with Gasteiger partial charge in [-0.05, 0) is 24.6 Å². The van der Waals surface area contributed by atoms with Crippen molar-refractivity contribution in [2.24, 2.45) is 0 Å². The summed E-state index contributed by atoms with van der Waals surface area (Å²) in [4.78, 5) is 11.3. The number of nitriles is 1. The van der Waals surface area contributed by atoms with Gasteiger partial charge in [-0.1, -0.05) is 18.7 Å². The first-order chi connectivity index (χ1) is 8.10. The first kappa shape index (κ1) is 12.9. The van der Waals surface area contributed by atoms with Crippen LogP contribution in [0.25, 0.3) is 0 Å². The van der Waals surface area contributed by atoms with E-state index in [1.165, 1.54) is 12.1 Å². The molecule has 0 saturated carbocycles. The van der Waals surface area contributed by atoms with Crippen LogP contribution < -0.4 is 0 Å². The number of hydrogen-bond acceptors (Lipinski definition) is 3. The van der Waals surface area contributed by atoms with Crippen molar-refractivity contribution in [2.45, 2.75) is 13.1 Å². The fraction of sp³-hybridized carbons (Fsp3) is 0.231. The Labute approximate surface area is 99.1 Å². The van der Waals surface area contributed by atoms with E-state index in [0.29, 0.717) is 5.56 Å². The third-order valence-electron chi connectivity index (χ3n) is 2.15. The van der Waals surface area contributed by atoms with Gasteiger partial charge in [-0.15, -0.1) is 0 Å². The van der Waals surface area contributed by atoms with Crippen molar-refractivity contribution in [1.29, 1.82) is 5.26 Å². The van der Waals surface area contributed by atoms with E-state index in [-0.39, 0.29) is 17.7 Å². The van der Waals surface area contributed by atoms with Crippen molar-refractivity contribution in [3.8, 4) is 6.07 Å². The fourth-order valence-electron chi connectivity index (χ4n) is 1.29. The second kappa shape index (κ2) is 5.80. The molecule has 4 heteroatoms. The van der Waals surface area contributed by atoms with Crippen molar-refractivity contribution < 1.29 is 13.9 Å². The molecule has 0 bridgehead atoms. The lowest BCUT2D eigenvalue weighted by atomic mass is 10.0. The van der Waals surface area contributed by atoms with Gasteiger partial charge in [-0.25, -0.2) is 9.18 Å². The number of ether oxygens (including phenoxy) is 1. The standard InChI is InChI=1S/C13H12FNO2/c1-3-17-13(16)9(2)12(14)11-6-4-5-10(7-11)8-15/h4-7,12H,2-3H2,1H3. The summed E-state index contributed by atoms with van der Waals surface area (Å²) in [5, 5.41) is 8.69. The van der Waals surface area contributed by atoms with E-state index in [9.17, 15) is 9.18 Å². The summed E-state index contributed by atoms with van der Waals surface area (Å²) in [6.07, 6.45) is -1.65. The van der Waals surface area contributed by atoms with Crippen LogP contribution in [0.3, 0.4) is 0 Å². The Kier molecular flexibility index (Phi) is 4.41. The van der Waals surface area contributed by atoms with Crippen LogP contribution in [0.4, 0.5) is 4.39 Å². The molecule has 88 valence electrons. The highest BCUT2D eigenvalue weighted by Gasteiger charge is 2.21. The number of esters is 1.